The van der Waals surface area contributed by atoms with Crippen LogP contribution in [0.2, 0.25) is 0 Å². The van der Waals surface area contributed by atoms with Gasteiger partial charge >= 0.3 is 0 Å². The van der Waals surface area contributed by atoms with Gasteiger partial charge in [0.05, 0.1) is 12.1 Å². The van der Waals surface area contributed by atoms with Gasteiger partial charge in [-0.05, 0) is 26.8 Å². The van der Waals surface area contributed by atoms with E-state index in [1.165, 1.54) is 0 Å². The fourth-order valence-electron chi connectivity index (χ4n) is 2.82. The quantitative estimate of drug-likeness (QED) is 0.801. The summed E-state index contributed by atoms with van der Waals surface area (Å²) in [4.78, 5) is 19.3. The van der Waals surface area contributed by atoms with Crippen LogP contribution in [-0.4, -0.2) is 26.9 Å². The molecule has 0 spiro atoms. The highest BCUT2D eigenvalue weighted by Gasteiger charge is 2.30. The molecule has 0 N–H and O–H groups in total. The van der Waals surface area contributed by atoms with Crippen molar-refractivity contribution in [3.05, 3.63) is 41.4 Å². The van der Waals surface area contributed by atoms with Gasteiger partial charge < -0.3 is 13.9 Å². The molecule has 3 rings (SSSR count). The number of amides is 1. The fraction of sp³-hybridized carbons (Fsp3) is 0.579. The van der Waals surface area contributed by atoms with Crippen LogP contribution in [0, 0.1) is 0 Å². The summed E-state index contributed by atoms with van der Waals surface area (Å²) in [5, 5.41) is 0. The van der Waals surface area contributed by atoms with E-state index in [4.69, 9.17) is 4.42 Å². The van der Waals surface area contributed by atoms with Crippen LogP contribution in [-0.2, 0) is 23.9 Å². The number of hydrogen-bond donors (Lipinski definition) is 0. The normalized spacial score (nSPS) is 15.5. The van der Waals surface area contributed by atoms with Gasteiger partial charge in [-0.2, -0.15) is 0 Å². The highest BCUT2D eigenvalue weighted by Crippen LogP contribution is 2.28. The minimum Gasteiger partial charge on any atom is -0.445 e. The van der Waals surface area contributed by atoms with Crippen LogP contribution in [0.5, 0.6) is 0 Å². The van der Waals surface area contributed by atoms with Crippen molar-refractivity contribution in [2.75, 3.05) is 6.54 Å². The minimum absolute atomic E-state index is 0.0265. The molecule has 1 aliphatic rings. The number of nitrogens with zero attached hydrogens (tertiary/aromatic N) is 3. The number of aromatic nitrogens is 2. The predicted molar refractivity (Wildman–Crippen MR) is 93.1 cm³/mol. The molecule has 0 bridgehead atoms. The molecule has 1 amide bonds. The molecule has 2 aromatic heterocycles. The van der Waals surface area contributed by atoms with Crippen LogP contribution < -0.4 is 0 Å². The molecule has 0 atom stereocenters. The number of rotatable bonds is 1. The molecule has 0 radical (unpaired) electrons. The lowest BCUT2D eigenvalue weighted by Crippen LogP contribution is -2.35. The Morgan fingerprint density at radius 3 is 2.50 bits per heavy atom. The molecule has 0 aliphatic carbocycles. The number of oxazole rings is 1. The third-order valence-electron chi connectivity index (χ3n) is 4.37. The molecule has 5 nitrogen and oxygen atoms in total. The average Bonchev–Trinajstić information content (AvgIpc) is 3.11. The Labute approximate surface area is 143 Å². The molecule has 130 valence electrons. The summed E-state index contributed by atoms with van der Waals surface area (Å²) in [6.07, 6.45) is 4.63. The lowest BCUT2D eigenvalue weighted by atomic mass is 9.97. The van der Waals surface area contributed by atoms with Crippen LogP contribution in [0.1, 0.15) is 69.2 Å². The van der Waals surface area contributed by atoms with Crippen molar-refractivity contribution in [1.29, 1.82) is 0 Å². The number of hydrogen-bond acceptors (Lipinski definition) is 3. The van der Waals surface area contributed by atoms with E-state index in [1.54, 1.807) is 0 Å². The maximum absolute atomic E-state index is 12.8. The zero-order valence-corrected chi connectivity index (χ0v) is 15.5. The number of fused-ring (bicyclic) bond motifs is 1. The first-order valence-electron chi connectivity index (χ1n) is 8.52. The van der Waals surface area contributed by atoms with Gasteiger partial charge in [0, 0.05) is 36.3 Å². The van der Waals surface area contributed by atoms with Gasteiger partial charge in [-0.25, -0.2) is 4.98 Å². The van der Waals surface area contributed by atoms with Crippen LogP contribution in [0.15, 0.2) is 22.9 Å². The molecule has 0 saturated carbocycles. The van der Waals surface area contributed by atoms with E-state index in [9.17, 15) is 4.79 Å². The maximum atomic E-state index is 12.8. The number of carbonyl (C=O) groups excluding carboxylic acids is 1. The topological polar surface area (TPSA) is 51.3 Å². The average molecular weight is 329 g/mol. The Morgan fingerprint density at radius 2 is 1.92 bits per heavy atom. The van der Waals surface area contributed by atoms with E-state index in [0.29, 0.717) is 13.1 Å². The molecule has 3 heterocycles. The van der Waals surface area contributed by atoms with E-state index < -0.39 is 0 Å². The summed E-state index contributed by atoms with van der Waals surface area (Å²) >= 11 is 0. The van der Waals surface area contributed by atoms with E-state index in [2.05, 4.69) is 51.1 Å². The molecule has 5 heteroatoms. The summed E-state index contributed by atoms with van der Waals surface area (Å²) in [6, 6.07) is 1.90. The summed E-state index contributed by atoms with van der Waals surface area (Å²) < 4.78 is 7.97. The second-order valence-electron chi connectivity index (χ2n) is 8.59. The Hall–Kier alpha value is -2.04. The minimum atomic E-state index is -0.115. The Bertz CT molecular complexity index is 756. The Kier molecular flexibility index (Phi) is 3.85. The Morgan fingerprint density at radius 1 is 1.21 bits per heavy atom. The zero-order chi connectivity index (χ0) is 17.7. The first-order valence-corrected chi connectivity index (χ1v) is 8.52. The largest absolute Gasteiger partial charge is 0.445 e. The van der Waals surface area contributed by atoms with E-state index in [1.807, 2.05) is 23.4 Å². The van der Waals surface area contributed by atoms with Crippen molar-refractivity contribution in [2.45, 2.75) is 65.5 Å². The molecule has 0 unspecified atom stereocenters. The summed E-state index contributed by atoms with van der Waals surface area (Å²) in [7, 11) is 0. The molecule has 0 aromatic carbocycles. The summed E-state index contributed by atoms with van der Waals surface area (Å²) in [6.45, 7) is 13.8. The van der Waals surface area contributed by atoms with E-state index in [-0.39, 0.29) is 16.9 Å². The molecular formula is C19H27N3O2. The van der Waals surface area contributed by atoms with Crippen molar-refractivity contribution in [1.82, 2.24) is 14.5 Å². The van der Waals surface area contributed by atoms with Gasteiger partial charge in [0.25, 0.3) is 5.91 Å². The fourth-order valence-corrected chi connectivity index (χ4v) is 2.82. The van der Waals surface area contributed by atoms with E-state index >= 15 is 0 Å². The predicted octanol–water partition coefficient (Wildman–Crippen LogP) is 3.73. The molecule has 0 fully saturated rings. The SMILES string of the molecule is CC(C)(C)c1nc2c(o1)CCN(C(=O)c1ccn(C(C)(C)C)c1)C2. The van der Waals surface area contributed by atoms with Gasteiger partial charge in [0.1, 0.15) is 11.5 Å². The monoisotopic (exact) mass is 329 g/mol. The second kappa shape index (κ2) is 5.50. The summed E-state index contributed by atoms with van der Waals surface area (Å²) in [5.74, 6) is 1.74. The third-order valence-corrected chi connectivity index (χ3v) is 4.37. The van der Waals surface area contributed by atoms with Gasteiger partial charge in [0.15, 0.2) is 5.89 Å². The van der Waals surface area contributed by atoms with Gasteiger partial charge in [-0.1, -0.05) is 20.8 Å². The molecule has 0 saturated heterocycles. The van der Waals surface area contributed by atoms with Gasteiger partial charge in [-0.3, -0.25) is 4.79 Å². The van der Waals surface area contributed by atoms with Gasteiger partial charge in [0.2, 0.25) is 0 Å². The van der Waals surface area contributed by atoms with Crippen LogP contribution in [0.4, 0.5) is 0 Å². The second-order valence-corrected chi connectivity index (χ2v) is 8.59. The highest BCUT2D eigenvalue weighted by molar-refractivity contribution is 5.94. The standard InChI is InChI=1S/C19H27N3O2/c1-18(2,3)17-20-14-12-21(9-8-15(14)24-17)16(23)13-7-10-22(11-13)19(4,5)6/h7,10-11H,8-9,12H2,1-6H3. The van der Waals surface area contributed by atoms with Gasteiger partial charge in [-0.15, -0.1) is 0 Å². The van der Waals surface area contributed by atoms with Crippen molar-refractivity contribution in [2.24, 2.45) is 0 Å². The smallest absolute Gasteiger partial charge is 0.255 e. The van der Waals surface area contributed by atoms with Crippen LogP contribution in [0.3, 0.4) is 0 Å². The lowest BCUT2D eigenvalue weighted by Gasteiger charge is -2.25. The molecule has 24 heavy (non-hydrogen) atoms. The van der Waals surface area contributed by atoms with Crippen molar-refractivity contribution in [3.63, 3.8) is 0 Å². The van der Waals surface area contributed by atoms with E-state index in [0.717, 1.165) is 29.3 Å². The first kappa shape index (κ1) is 16.8. The number of carbonyl (C=O) groups is 1. The third kappa shape index (κ3) is 3.12. The molecule has 2 aromatic rings. The Balaban J connectivity index is 1.79. The molecule has 1 aliphatic heterocycles. The summed E-state index contributed by atoms with van der Waals surface area (Å²) in [5.41, 5.74) is 1.49. The first-order chi connectivity index (χ1) is 11.1. The van der Waals surface area contributed by atoms with Crippen LogP contribution >= 0.6 is 0 Å². The van der Waals surface area contributed by atoms with Crippen molar-refractivity contribution < 1.29 is 9.21 Å². The highest BCUT2D eigenvalue weighted by atomic mass is 16.4. The molecular weight excluding hydrogens is 302 g/mol. The van der Waals surface area contributed by atoms with Crippen LogP contribution in [0.25, 0.3) is 0 Å². The zero-order valence-electron chi connectivity index (χ0n) is 15.5. The van der Waals surface area contributed by atoms with Crippen molar-refractivity contribution >= 4 is 5.91 Å². The van der Waals surface area contributed by atoms with Crippen molar-refractivity contribution in [3.8, 4) is 0 Å². The maximum Gasteiger partial charge on any atom is 0.255 e. The lowest BCUT2D eigenvalue weighted by molar-refractivity contribution is 0.0727.